The summed E-state index contributed by atoms with van der Waals surface area (Å²) in [6.45, 7) is 0.845. The predicted octanol–water partition coefficient (Wildman–Crippen LogP) is 0.0887. The number of aliphatic hydroxyl groups is 1. The van der Waals surface area contributed by atoms with Gasteiger partial charge in [-0.1, -0.05) is 11.8 Å². The zero-order valence-electron chi connectivity index (χ0n) is 10.1. The van der Waals surface area contributed by atoms with E-state index in [9.17, 15) is 0 Å². The highest BCUT2D eigenvalue weighted by atomic mass is 16.7. The number of hydrogen-bond acceptors (Lipinski definition) is 5. The topological polar surface area (TPSA) is 57.2 Å². The van der Waals surface area contributed by atoms with Gasteiger partial charge < -0.3 is 24.1 Å². The van der Waals surface area contributed by atoms with Crippen molar-refractivity contribution in [2.45, 2.75) is 0 Å². The van der Waals surface area contributed by atoms with Crippen molar-refractivity contribution < 1.29 is 24.1 Å². The summed E-state index contributed by atoms with van der Waals surface area (Å²) >= 11 is 0. The van der Waals surface area contributed by atoms with Crippen molar-refractivity contribution in [3.63, 3.8) is 0 Å². The number of hydrogen-bond donors (Lipinski definition) is 1. The summed E-state index contributed by atoms with van der Waals surface area (Å²) in [5, 5.41) is 7.64. The van der Waals surface area contributed by atoms with Crippen LogP contribution in [0.25, 0.3) is 0 Å². The fourth-order valence-electron chi connectivity index (χ4n) is 0.302. The van der Waals surface area contributed by atoms with Gasteiger partial charge in [0.1, 0.15) is 26.8 Å². The third-order valence-corrected chi connectivity index (χ3v) is 0.714. The normalized spacial score (nSPS) is 7.38. The van der Waals surface area contributed by atoms with E-state index in [0.717, 1.165) is 0 Å². The van der Waals surface area contributed by atoms with Gasteiger partial charge in [0, 0.05) is 21.3 Å². The Hall–Kier alpha value is -1.08. The molecule has 0 bridgehead atoms. The number of ether oxygens (including phenoxy) is 4. The van der Waals surface area contributed by atoms with Crippen LogP contribution in [0.3, 0.4) is 0 Å². The molecule has 0 atom stereocenters. The van der Waals surface area contributed by atoms with Gasteiger partial charge in [0.25, 0.3) is 0 Å². The largest absolute Gasteiger partial charge is 0.384 e. The second-order valence-electron chi connectivity index (χ2n) is 2.02. The molecule has 0 aliphatic heterocycles. The molecule has 0 aromatic heterocycles. The molecule has 0 heterocycles. The maximum Gasteiger partial charge on any atom is 0.147 e. The molecule has 94 valence electrons. The highest BCUT2D eigenvalue weighted by Crippen LogP contribution is 1.69. The predicted molar refractivity (Wildman–Crippen MR) is 61.5 cm³/mol. The van der Waals surface area contributed by atoms with Gasteiger partial charge in [0.05, 0.1) is 0 Å². The monoisotopic (exact) mass is 232 g/mol. The van der Waals surface area contributed by atoms with Crippen LogP contribution < -0.4 is 0 Å². The van der Waals surface area contributed by atoms with E-state index in [0.29, 0.717) is 13.4 Å². The van der Waals surface area contributed by atoms with E-state index in [1.807, 2.05) is 5.92 Å². The van der Waals surface area contributed by atoms with Crippen LogP contribution >= 0.6 is 0 Å². The van der Waals surface area contributed by atoms with Crippen molar-refractivity contribution in [1.82, 2.24) is 0 Å². The number of methoxy groups -OCH3 is 3. The van der Waals surface area contributed by atoms with Gasteiger partial charge in [-0.05, 0) is 0 Å². The number of rotatable bonds is 5. The summed E-state index contributed by atoms with van der Waals surface area (Å²) in [5.74, 6) is 4.29. The second kappa shape index (κ2) is 29.2. The SMILES string of the molecule is C#CCO.C#CCOCOC.COCOC. The lowest BCUT2D eigenvalue weighted by Crippen LogP contribution is -1.94. The molecule has 0 aliphatic carbocycles. The van der Waals surface area contributed by atoms with Gasteiger partial charge in [0.15, 0.2) is 0 Å². The summed E-state index contributed by atoms with van der Waals surface area (Å²) in [4.78, 5) is 0. The van der Waals surface area contributed by atoms with Crippen LogP contribution in [0.15, 0.2) is 0 Å². The van der Waals surface area contributed by atoms with E-state index in [2.05, 4.69) is 31.3 Å². The Kier molecular flexibility index (Phi) is 37.1. The summed E-state index contributed by atoms with van der Waals surface area (Å²) < 4.78 is 18.1. The van der Waals surface area contributed by atoms with Crippen LogP contribution in [-0.2, 0) is 18.9 Å². The fourth-order valence-corrected chi connectivity index (χ4v) is 0.302. The molecule has 0 saturated heterocycles. The molecule has 0 saturated carbocycles. The van der Waals surface area contributed by atoms with Gasteiger partial charge >= 0.3 is 0 Å². The molecule has 0 aliphatic rings. The molecule has 0 unspecified atom stereocenters. The molecular weight excluding hydrogens is 212 g/mol. The number of aliphatic hydroxyl groups excluding tert-OH is 1. The zero-order chi connectivity index (χ0) is 13.1. The lowest BCUT2D eigenvalue weighted by atomic mass is 10.8. The summed E-state index contributed by atoms with van der Waals surface area (Å²) in [6.07, 6.45) is 9.37. The van der Waals surface area contributed by atoms with E-state index < -0.39 is 0 Å². The molecule has 5 nitrogen and oxygen atoms in total. The average molecular weight is 232 g/mol. The van der Waals surface area contributed by atoms with E-state index in [1.54, 1.807) is 21.3 Å². The van der Waals surface area contributed by atoms with Crippen LogP contribution in [0.5, 0.6) is 0 Å². The zero-order valence-corrected chi connectivity index (χ0v) is 10.1. The standard InChI is InChI=1S/C5H8O2.C3H8O2.C3H4O/c1-3-4-7-5-6-2;1-4-3-5-2;1-2-3-4/h1H,4-5H2,2H3;3H2,1-2H3;1,4H,3H2. The van der Waals surface area contributed by atoms with Crippen molar-refractivity contribution in [1.29, 1.82) is 0 Å². The van der Waals surface area contributed by atoms with Crippen molar-refractivity contribution in [3.8, 4) is 24.7 Å². The van der Waals surface area contributed by atoms with Crippen molar-refractivity contribution in [2.24, 2.45) is 0 Å². The van der Waals surface area contributed by atoms with Crippen LogP contribution in [-0.4, -0.2) is 53.2 Å². The van der Waals surface area contributed by atoms with E-state index in [1.165, 1.54) is 0 Å². The quantitative estimate of drug-likeness (QED) is 0.413. The van der Waals surface area contributed by atoms with Crippen LogP contribution in [0.2, 0.25) is 0 Å². The Morgan fingerprint density at radius 1 is 0.938 bits per heavy atom. The first kappa shape index (κ1) is 20.3. The van der Waals surface area contributed by atoms with Gasteiger partial charge in [-0.15, -0.1) is 12.8 Å². The minimum Gasteiger partial charge on any atom is -0.384 e. The lowest BCUT2D eigenvalue weighted by Gasteiger charge is -1.93. The molecule has 0 spiro atoms. The Morgan fingerprint density at radius 3 is 1.56 bits per heavy atom. The first-order valence-corrected chi connectivity index (χ1v) is 4.27. The molecule has 0 amide bonds. The molecule has 0 aromatic carbocycles. The van der Waals surface area contributed by atoms with Crippen molar-refractivity contribution >= 4 is 0 Å². The molecule has 16 heavy (non-hydrogen) atoms. The summed E-state index contributed by atoms with van der Waals surface area (Å²) in [5.41, 5.74) is 0. The lowest BCUT2D eigenvalue weighted by molar-refractivity contribution is -0.0165. The Balaban J connectivity index is -0.000000166. The molecular formula is C11H20O5. The van der Waals surface area contributed by atoms with Crippen molar-refractivity contribution in [3.05, 3.63) is 0 Å². The van der Waals surface area contributed by atoms with Gasteiger partial charge in [0.2, 0.25) is 0 Å². The molecule has 5 heteroatoms. The highest BCUT2D eigenvalue weighted by molar-refractivity contribution is 4.82. The molecule has 1 N–H and O–H groups in total. The third-order valence-electron chi connectivity index (χ3n) is 0.714. The Labute approximate surface area is 97.6 Å². The Bertz CT molecular complexity index is 166. The average Bonchev–Trinajstić information content (AvgIpc) is 2.32. The minimum absolute atomic E-state index is 0.153. The van der Waals surface area contributed by atoms with E-state index in [-0.39, 0.29) is 13.4 Å². The van der Waals surface area contributed by atoms with Crippen LogP contribution in [0.1, 0.15) is 0 Å². The first-order chi connectivity index (χ1) is 7.74. The Morgan fingerprint density at radius 2 is 1.38 bits per heavy atom. The fraction of sp³-hybridized carbons (Fsp3) is 0.636. The number of terminal acetylenes is 2. The van der Waals surface area contributed by atoms with Gasteiger partial charge in [-0.25, -0.2) is 0 Å². The summed E-state index contributed by atoms with van der Waals surface area (Å²) in [6, 6.07) is 0. The van der Waals surface area contributed by atoms with E-state index in [4.69, 9.17) is 11.5 Å². The highest BCUT2D eigenvalue weighted by Gasteiger charge is 1.74. The van der Waals surface area contributed by atoms with Gasteiger partial charge in [-0.2, -0.15) is 0 Å². The molecule has 0 aromatic rings. The smallest absolute Gasteiger partial charge is 0.147 e. The third kappa shape index (κ3) is 52.4. The maximum absolute atomic E-state index is 7.64. The maximum atomic E-state index is 7.64. The summed E-state index contributed by atoms with van der Waals surface area (Å²) in [7, 11) is 4.73. The van der Waals surface area contributed by atoms with Crippen LogP contribution in [0, 0.1) is 24.7 Å². The van der Waals surface area contributed by atoms with Crippen LogP contribution in [0.4, 0.5) is 0 Å². The molecule has 0 radical (unpaired) electrons. The van der Waals surface area contributed by atoms with E-state index >= 15 is 0 Å². The second-order valence-corrected chi connectivity index (χ2v) is 2.02. The molecule has 0 rings (SSSR count). The minimum atomic E-state index is -0.153. The van der Waals surface area contributed by atoms with Crippen molar-refractivity contribution in [2.75, 3.05) is 48.1 Å². The van der Waals surface area contributed by atoms with Gasteiger partial charge in [-0.3, -0.25) is 0 Å². The first-order valence-electron chi connectivity index (χ1n) is 4.27. The molecule has 0 fully saturated rings.